The second-order valence-corrected chi connectivity index (χ2v) is 4.67. The van der Waals surface area contributed by atoms with Gasteiger partial charge in [-0.15, -0.1) is 0 Å². The molecule has 4 nitrogen and oxygen atoms in total. The summed E-state index contributed by atoms with van der Waals surface area (Å²) in [4.78, 5) is 11.7. The number of carbonyl (C=O) groups is 1. The first kappa shape index (κ1) is 14.6. The summed E-state index contributed by atoms with van der Waals surface area (Å²) in [5, 5.41) is 3.68. The number of hydrogen-bond donors (Lipinski definition) is 1. The number of hydrogen-bond acceptors (Lipinski definition) is 4. The Hall–Kier alpha value is -1.42. The molecule has 1 aromatic rings. The Bertz CT molecular complexity index is 421. The third-order valence-corrected chi connectivity index (χ3v) is 2.83. The minimum atomic E-state index is -0.442. The molecule has 100 valence electrons. The van der Waals surface area contributed by atoms with Crippen LogP contribution in [0.2, 0.25) is 5.02 Å². The molecular weight excluding hydrogens is 254 g/mol. The van der Waals surface area contributed by atoms with Crippen LogP contribution in [0.5, 0.6) is 5.75 Å². The van der Waals surface area contributed by atoms with E-state index >= 15 is 0 Å². The number of benzene rings is 1. The third-order valence-electron chi connectivity index (χ3n) is 2.59. The van der Waals surface area contributed by atoms with Gasteiger partial charge in [0.05, 0.1) is 19.9 Å². The van der Waals surface area contributed by atoms with Crippen molar-refractivity contribution in [2.75, 3.05) is 19.5 Å². The summed E-state index contributed by atoms with van der Waals surface area (Å²) in [6.07, 6.45) is 0. The van der Waals surface area contributed by atoms with Gasteiger partial charge in [-0.2, -0.15) is 0 Å². The predicted octanol–water partition coefficient (Wildman–Crippen LogP) is 2.96. The normalized spacial score (nSPS) is 12.1. The van der Waals surface area contributed by atoms with Gasteiger partial charge in [-0.3, -0.25) is 0 Å². The van der Waals surface area contributed by atoms with Gasteiger partial charge < -0.3 is 14.8 Å². The average Bonchev–Trinajstić information content (AvgIpc) is 2.34. The number of methoxy groups -OCH3 is 2. The maximum absolute atomic E-state index is 11.7. The van der Waals surface area contributed by atoms with Crippen molar-refractivity contribution < 1.29 is 14.3 Å². The van der Waals surface area contributed by atoms with Crippen LogP contribution in [0, 0.1) is 5.92 Å². The fourth-order valence-electron chi connectivity index (χ4n) is 1.59. The molecule has 0 bridgehead atoms. The van der Waals surface area contributed by atoms with Crippen molar-refractivity contribution in [3.63, 3.8) is 0 Å². The van der Waals surface area contributed by atoms with Gasteiger partial charge in [0.1, 0.15) is 11.8 Å². The van der Waals surface area contributed by atoms with E-state index in [1.54, 1.807) is 25.3 Å². The lowest BCUT2D eigenvalue weighted by Gasteiger charge is -2.22. The molecule has 1 N–H and O–H groups in total. The van der Waals surface area contributed by atoms with Crippen LogP contribution < -0.4 is 10.1 Å². The van der Waals surface area contributed by atoms with Gasteiger partial charge in [0.25, 0.3) is 0 Å². The molecule has 5 heteroatoms. The molecule has 0 amide bonds. The monoisotopic (exact) mass is 271 g/mol. The maximum atomic E-state index is 11.7. The summed E-state index contributed by atoms with van der Waals surface area (Å²) in [7, 11) is 2.94. The molecule has 0 aliphatic heterocycles. The Kier molecular flexibility index (Phi) is 5.28. The molecule has 0 aliphatic rings. The first-order valence-electron chi connectivity index (χ1n) is 5.67. The van der Waals surface area contributed by atoms with Gasteiger partial charge in [-0.1, -0.05) is 25.4 Å². The molecule has 0 radical (unpaired) electrons. The fraction of sp³-hybridized carbons (Fsp3) is 0.462. The van der Waals surface area contributed by atoms with Crippen LogP contribution in [-0.4, -0.2) is 26.2 Å². The van der Waals surface area contributed by atoms with Crippen LogP contribution in [0.1, 0.15) is 13.8 Å². The van der Waals surface area contributed by atoms with Gasteiger partial charge in [-0.25, -0.2) is 4.79 Å². The molecule has 0 heterocycles. The minimum absolute atomic E-state index is 0.0844. The molecule has 0 unspecified atom stereocenters. The Morgan fingerprint density at radius 1 is 1.33 bits per heavy atom. The molecule has 1 atom stereocenters. The van der Waals surface area contributed by atoms with Crippen molar-refractivity contribution in [3.05, 3.63) is 23.2 Å². The second-order valence-electron chi connectivity index (χ2n) is 4.23. The Balaban J connectivity index is 2.99. The SMILES string of the molecule is COC(=O)[C@@H](Nc1cc(Cl)ccc1OC)C(C)C. The highest BCUT2D eigenvalue weighted by atomic mass is 35.5. The van der Waals surface area contributed by atoms with Crippen molar-refractivity contribution in [3.8, 4) is 5.75 Å². The summed E-state index contributed by atoms with van der Waals surface area (Å²) < 4.78 is 10.00. The maximum Gasteiger partial charge on any atom is 0.328 e. The van der Waals surface area contributed by atoms with E-state index in [1.165, 1.54) is 7.11 Å². The highest BCUT2D eigenvalue weighted by Gasteiger charge is 2.23. The molecule has 0 aliphatic carbocycles. The van der Waals surface area contributed by atoms with Gasteiger partial charge in [0.15, 0.2) is 0 Å². The fourth-order valence-corrected chi connectivity index (χ4v) is 1.76. The summed E-state index contributed by atoms with van der Waals surface area (Å²) in [6.45, 7) is 3.87. The van der Waals surface area contributed by atoms with Gasteiger partial charge in [0, 0.05) is 5.02 Å². The van der Waals surface area contributed by atoms with E-state index in [4.69, 9.17) is 21.1 Å². The molecule has 18 heavy (non-hydrogen) atoms. The topological polar surface area (TPSA) is 47.6 Å². The van der Waals surface area contributed by atoms with Crippen LogP contribution in [-0.2, 0) is 9.53 Å². The Morgan fingerprint density at radius 2 is 2.00 bits per heavy atom. The van der Waals surface area contributed by atoms with E-state index in [1.807, 2.05) is 13.8 Å². The van der Waals surface area contributed by atoms with E-state index in [2.05, 4.69) is 5.32 Å². The molecule has 0 saturated heterocycles. The van der Waals surface area contributed by atoms with Crippen molar-refractivity contribution in [1.82, 2.24) is 0 Å². The Morgan fingerprint density at radius 3 is 2.50 bits per heavy atom. The van der Waals surface area contributed by atoms with E-state index in [0.717, 1.165) is 0 Å². The number of nitrogens with one attached hydrogen (secondary N) is 1. The Labute approximate surface area is 112 Å². The van der Waals surface area contributed by atoms with Crippen LogP contribution >= 0.6 is 11.6 Å². The van der Waals surface area contributed by atoms with Crippen LogP contribution in [0.25, 0.3) is 0 Å². The third kappa shape index (κ3) is 3.53. The van der Waals surface area contributed by atoms with Crippen LogP contribution in [0.3, 0.4) is 0 Å². The van der Waals surface area contributed by atoms with E-state index in [0.29, 0.717) is 16.5 Å². The molecule has 1 aromatic carbocycles. The lowest BCUT2D eigenvalue weighted by atomic mass is 10.0. The lowest BCUT2D eigenvalue weighted by molar-refractivity contribution is -0.142. The minimum Gasteiger partial charge on any atom is -0.495 e. The average molecular weight is 272 g/mol. The zero-order chi connectivity index (χ0) is 13.7. The molecule has 0 spiro atoms. The van der Waals surface area contributed by atoms with Crippen molar-refractivity contribution in [1.29, 1.82) is 0 Å². The quantitative estimate of drug-likeness (QED) is 0.837. The first-order chi connectivity index (χ1) is 8.49. The number of halogens is 1. The summed E-state index contributed by atoms with van der Waals surface area (Å²) in [6, 6.07) is 4.76. The summed E-state index contributed by atoms with van der Waals surface area (Å²) >= 11 is 5.94. The van der Waals surface area contributed by atoms with E-state index < -0.39 is 6.04 Å². The summed E-state index contributed by atoms with van der Waals surface area (Å²) in [5.41, 5.74) is 0.675. The van der Waals surface area contributed by atoms with E-state index in [-0.39, 0.29) is 11.9 Å². The first-order valence-corrected chi connectivity index (χ1v) is 6.05. The predicted molar refractivity (Wildman–Crippen MR) is 72.3 cm³/mol. The number of carbonyl (C=O) groups excluding carboxylic acids is 1. The molecule has 0 aromatic heterocycles. The van der Waals surface area contributed by atoms with Gasteiger partial charge in [0.2, 0.25) is 0 Å². The van der Waals surface area contributed by atoms with Crippen molar-refractivity contribution in [2.24, 2.45) is 5.92 Å². The number of rotatable bonds is 5. The number of anilines is 1. The van der Waals surface area contributed by atoms with Crippen LogP contribution in [0.15, 0.2) is 18.2 Å². The number of ether oxygens (including phenoxy) is 2. The largest absolute Gasteiger partial charge is 0.495 e. The highest BCUT2D eigenvalue weighted by Crippen LogP contribution is 2.29. The standard InChI is InChI=1S/C13H18ClNO3/c1-8(2)12(13(16)18-4)15-10-7-9(14)5-6-11(10)17-3/h5-8,12,15H,1-4H3/t12-/m0/s1. The lowest BCUT2D eigenvalue weighted by Crippen LogP contribution is -2.35. The summed E-state index contributed by atoms with van der Waals surface area (Å²) in [5.74, 6) is 0.405. The van der Waals surface area contributed by atoms with Crippen molar-refractivity contribution in [2.45, 2.75) is 19.9 Å². The molecule has 0 saturated carbocycles. The highest BCUT2D eigenvalue weighted by molar-refractivity contribution is 6.30. The molecule has 1 rings (SSSR count). The molecular formula is C13H18ClNO3. The van der Waals surface area contributed by atoms with Gasteiger partial charge >= 0.3 is 5.97 Å². The second kappa shape index (κ2) is 6.50. The van der Waals surface area contributed by atoms with Gasteiger partial charge in [-0.05, 0) is 24.1 Å². The zero-order valence-corrected chi connectivity index (χ0v) is 11.7. The number of esters is 1. The van der Waals surface area contributed by atoms with Crippen molar-refractivity contribution >= 4 is 23.3 Å². The van der Waals surface area contributed by atoms with E-state index in [9.17, 15) is 4.79 Å². The van der Waals surface area contributed by atoms with Crippen LogP contribution in [0.4, 0.5) is 5.69 Å². The smallest absolute Gasteiger partial charge is 0.328 e. The zero-order valence-electron chi connectivity index (χ0n) is 11.0. The molecule has 0 fully saturated rings.